The Kier molecular flexibility index (Phi) is 5.33. The third-order valence-corrected chi connectivity index (χ3v) is 2.79. The molecular weight excluding hydrogens is 264 g/mol. The molecule has 0 saturated carbocycles. The van der Waals surface area contributed by atoms with Crippen molar-refractivity contribution in [1.29, 1.82) is 0 Å². The zero-order valence-corrected chi connectivity index (χ0v) is 11.5. The number of nitrogens with zero attached hydrogens (tertiary/aromatic N) is 1. The summed E-state index contributed by atoms with van der Waals surface area (Å²) >= 11 is 0. The number of nitrogens with one attached hydrogen (secondary N) is 1. The fourth-order valence-electron chi connectivity index (χ4n) is 1.54. The molecule has 7 heteroatoms. The van der Waals surface area contributed by atoms with Crippen LogP contribution in [0.2, 0.25) is 0 Å². The summed E-state index contributed by atoms with van der Waals surface area (Å²) in [4.78, 5) is 24.1. The van der Waals surface area contributed by atoms with Gasteiger partial charge in [0.25, 0.3) is 0 Å². The van der Waals surface area contributed by atoms with E-state index < -0.39 is 24.1 Å². The number of aliphatic carboxylic acids is 1. The smallest absolute Gasteiger partial charge is 0.328 e. The minimum Gasteiger partial charge on any atom is -0.497 e. The van der Waals surface area contributed by atoms with Crippen LogP contribution in [0.3, 0.4) is 0 Å². The van der Waals surface area contributed by atoms with Crippen LogP contribution in [-0.4, -0.2) is 48.5 Å². The Balaban J connectivity index is 2.77. The molecule has 0 spiro atoms. The first-order valence-corrected chi connectivity index (χ1v) is 5.96. The number of ether oxygens (including phenoxy) is 1. The predicted octanol–water partition coefficient (Wildman–Crippen LogP) is 0.675. The molecule has 0 bridgehead atoms. The molecule has 1 aromatic carbocycles. The van der Waals surface area contributed by atoms with Crippen molar-refractivity contribution < 1.29 is 24.5 Å². The zero-order valence-electron chi connectivity index (χ0n) is 11.5. The number of anilines is 1. The Labute approximate surface area is 116 Å². The van der Waals surface area contributed by atoms with E-state index >= 15 is 0 Å². The van der Waals surface area contributed by atoms with E-state index in [1.54, 1.807) is 24.3 Å². The highest BCUT2D eigenvalue weighted by atomic mass is 16.5. The summed E-state index contributed by atoms with van der Waals surface area (Å²) in [7, 11) is 3.03. The number of hydrogen-bond acceptors (Lipinski definition) is 4. The molecule has 0 aliphatic carbocycles. The molecule has 0 heterocycles. The van der Waals surface area contributed by atoms with Gasteiger partial charge in [0.1, 0.15) is 5.75 Å². The number of rotatable bonds is 5. The van der Waals surface area contributed by atoms with Crippen LogP contribution < -0.4 is 15.0 Å². The lowest BCUT2D eigenvalue weighted by Gasteiger charge is -2.23. The summed E-state index contributed by atoms with van der Waals surface area (Å²) in [6.07, 6.45) is -1.19. The highest BCUT2D eigenvalue weighted by Gasteiger charge is 2.26. The number of aliphatic hydroxyl groups excluding tert-OH is 1. The fourth-order valence-corrected chi connectivity index (χ4v) is 1.54. The lowest BCUT2D eigenvalue weighted by molar-refractivity contribution is -0.141. The van der Waals surface area contributed by atoms with Gasteiger partial charge in [-0.05, 0) is 31.2 Å². The largest absolute Gasteiger partial charge is 0.497 e. The number of aliphatic hydroxyl groups is 1. The number of methoxy groups -OCH3 is 1. The number of benzene rings is 1. The maximum atomic E-state index is 11.9. The van der Waals surface area contributed by atoms with Crippen LogP contribution in [0.15, 0.2) is 24.3 Å². The van der Waals surface area contributed by atoms with E-state index in [4.69, 9.17) is 9.84 Å². The quantitative estimate of drug-likeness (QED) is 0.737. The van der Waals surface area contributed by atoms with Gasteiger partial charge in [-0.15, -0.1) is 0 Å². The summed E-state index contributed by atoms with van der Waals surface area (Å²) in [6, 6.07) is 4.71. The number of carboxylic acids is 1. The summed E-state index contributed by atoms with van der Waals surface area (Å²) in [6.45, 7) is 1.30. The Morgan fingerprint density at radius 3 is 2.25 bits per heavy atom. The van der Waals surface area contributed by atoms with Crippen molar-refractivity contribution in [3.63, 3.8) is 0 Å². The summed E-state index contributed by atoms with van der Waals surface area (Å²) in [5.74, 6) is -0.647. The normalized spacial score (nSPS) is 13.2. The van der Waals surface area contributed by atoms with Gasteiger partial charge < -0.3 is 20.3 Å². The van der Waals surface area contributed by atoms with Gasteiger partial charge >= 0.3 is 12.0 Å². The van der Waals surface area contributed by atoms with Crippen LogP contribution in [0, 0.1) is 0 Å². The van der Waals surface area contributed by atoms with Crippen LogP contribution in [0.1, 0.15) is 6.92 Å². The first kappa shape index (κ1) is 15.8. The molecule has 0 aliphatic rings. The zero-order chi connectivity index (χ0) is 15.3. The topological polar surface area (TPSA) is 99.1 Å². The molecule has 0 fully saturated rings. The highest BCUT2D eigenvalue weighted by Crippen LogP contribution is 2.18. The van der Waals surface area contributed by atoms with Crippen LogP contribution in [0.5, 0.6) is 5.75 Å². The van der Waals surface area contributed by atoms with Gasteiger partial charge in [-0.2, -0.15) is 0 Å². The fraction of sp³-hybridized carbons (Fsp3) is 0.385. The van der Waals surface area contributed by atoms with E-state index in [1.807, 2.05) is 0 Å². The summed E-state index contributed by atoms with van der Waals surface area (Å²) in [5.41, 5.74) is 0.568. The first-order chi connectivity index (χ1) is 9.36. The number of urea groups is 1. The van der Waals surface area contributed by atoms with E-state index in [1.165, 1.54) is 26.0 Å². The van der Waals surface area contributed by atoms with Gasteiger partial charge in [-0.25, -0.2) is 9.59 Å². The molecule has 3 N–H and O–H groups in total. The molecule has 1 rings (SSSR count). The van der Waals surface area contributed by atoms with Gasteiger partial charge in [0.15, 0.2) is 6.04 Å². The lowest BCUT2D eigenvalue weighted by atomic mass is 10.2. The number of carboxylic acid groups (broad SMARTS) is 1. The monoisotopic (exact) mass is 282 g/mol. The van der Waals surface area contributed by atoms with Gasteiger partial charge in [-0.3, -0.25) is 4.90 Å². The SMILES string of the molecule is COc1ccc(N(C)C(=O)NC(C(=O)O)C(C)O)cc1. The first-order valence-electron chi connectivity index (χ1n) is 5.96. The third kappa shape index (κ3) is 3.86. The predicted molar refractivity (Wildman–Crippen MR) is 73.0 cm³/mol. The molecular formula is C13H18N2O5. The molecule has 0 aliphatic heterocycles. The molecule has 1 aromatic rings. The minimum atomic E-state index is -1.36. The molecule has 110 valence electrons. The number of hydrogen-bond donors (Lipinski definition) is 3. The van der Waals surface area contributed by atoms with E-state index in [0.717, 1.165) is 0 Å². The van der Waals surface area contributed by atoms with Crippen molar-refractivity contribution in [2.75, 3.05) is 19.1 Å². The number of carbonyl (C=O) groups is 2. The third-order valence-electron chi connectivity index (χ3n) is 2.79. The molecule has 7 nitrogen and oxygen atoms in total. The second-order valence-corrected chi connectivity index (χ2v) is 4.26. The van der Waals surface area contributed by atoms with Crippen LogP contribution in [0.25, 0.3) is 0 Å². The second-order valence-electron chi connectivity index (χ2n) is 4.26. The average Bonchev–Trinajstić information content (AvgIpc) is 2.43. The molecule has 0 saturated heterocycles. The van der Waals surface area contributed by atoms with Crippen molar-refractivity contribution in [2.24, 2.45) is 0 Å². The molecule has 0 aromatic heterocycles. The molecule has 2 amide bonds. The van der Waals surface area contributed by atoms with Crippen molar-refractivity contribution in [1.82, 2.24) is 5.32 Å². The number of carbonyl (C=O) groups excluding carboxylic acids is 1. The molecule has 2 atom stereocenters. The van der Waals surface area contributed by atoms with Gasteiger partial charge in [0.05, 0.1) is 13.2 Å². The van der Waals surface area contributed by atoms with Crippen molar-refractivity contribution in [3.05, 3.63) is 24.3 Å². The van der Waals surface area contributed by atoms with Gasteiger partial charge in [0, 0.05) is 12.7 Å². The Morgan fingerprint density at radius 1 is 1.30 bits per heavy atom. The van der Waals surface area contributed by atoms with E-state index in [0.29, 0.717) is 11.4 Å². The van der Waals surface area contributed by atoms with E-state index in [-0.39, 0.29) is 0 Å². The van der Waals surface area contributed by atoms with Gasteiger partial charge in [-0.1, -0.05) is 0 Å². The summed E-state index contributed by atoms with van der Waals surface area (Å²) < 4.78 is 5.01. The van der Waals surface area contributed by atoms with Crippen molar-refractivity contribution in [3.8, 4) is 5.75 Å². The van der Waals surface area contributed by atoms with Crippen LogP contribution in [0.4, 0.5) is 10.5 Å². The molecule has 20 heavy (non-hydrogen) atoms. The lowest BCUT2D eigenvalue weighted by Crippen LogP contribution is -2.51. The summed E-state index contributed by atoms with van der Waals surface area (Å²) in [5, 5.41) is 20.5. The number of amides is 2. The van der Waals surface area contributed by atoms with Crippen LogP contribution >= 0.6 is 0 Å². The van der Waals surface area contributed by atoms with Gasteiger partial charge in [0.2, 0.25) is 0 Å². The van der Waals surface area contributed by atoms with Crippen molar-refractivity contribution >= 4 is 17.7 Å². The maximum Gasteiger partial charge on any atom is 0.328 e. The minimum absolute atomic E-state index is 0.568. The van der Waals surface area contributed by atoms with Crippen LogP contribution in [-0.2, 0) is 4.79 Å². The molecule has 0 radical (unpaired) electrons. The average molecular weight is 282 g/mol. The van der Waals surface area contributed by atoms with E-state index in [9.17, 15) is 14.7 Å². The standard InChI is InChI=1S/C13H18N2O5/c1-8(16)11(12(17)18)14-13(19)15(2)9-4-6-10(20-3)7-5-9/h4-8,11,16H,1-3H3,(H,14,19)(H,17,18). The second kappa shape index (κ2) is 6.76. The van der Waals surface area contributed by atoms with Crippen molar-refractivity contribution in [2.45, 2.75) is 19.1 Å². The molecule has 2 unspecified atom stereocenters. The Hall–Kier alpha value is -2.28. The van der Waals surface area contributed by atoms with E-state index in [2.05, 4.69) is 5.32 Å². The Bertz CT molecular complexity index is 472. The maximum absolute atomic E-state index is 11.9. The Morgan fingerprint density at radius 2 is 1.85 bits per heavy atom. The highest BCUT2D eigenvalue weighted by molar-refractivity contribution is 5.94.